The standard InChI is InChI=1S/C31H32BNO4/c1-30(2)31(3,4)37-32(36-30)25-12-8-11-23(18-25)29-20-27(35)19-24-15-22(13-14-28(24)33-29)17-26(34)16-21-9-6-5-7-10-21/h5-15,18H,16-17,19-20H2,1-4H3. The Morgan fingerprint density at radius 2 is 1.54 bits per heavy atom. The molecule has 0 N–H and O–H groups in total. The maximum absolute atomic E-state index is 12.9. The first-order valence-electron chi connectivity index (χ1n) is 12.8. The molecule has 3 aromatic rings. The van der Waals surface area contributed by atoms with Crippen LogP contribution in [-0.4, -0.2) is 35.6 Å². The van der Waals surface area contributed by atoms with Crippen molar-refractivity contribution in [3.8, 4) is 0 Å². The van der Waals surface area contributed by atoms with Crippen molar-refractivity contribution in [3.63, 3.8) is 0 Å². The van der Waals surface area contributed by atoms with Crippen LogP contribution in [0, 0.1) is 0 Å². The van der Waals surface area contributed by atoms with Crippen LogP contribution in [0.2, 0.25) is 0 Å². The second kappa shape index (κ2) is 9.84. The molecule has 0 amide bonds. The summed E-state index contributed by atoms with van der Waals surface area (Å²) < 4.78 is 12.4. The van der Waals surface area contributed by atoms with Gasteiger partial charge in [-0.15, -0.1) is 0 Å². The van der Waals surface area contributed by atoms with E-state index >= 15 is 0 Å². The van der Waals surface area contributed by atoms with E-state index < -0.39 is 18.3 Å². The topological polar surface area (TPSA) is 65.0 Å². The molecule has 2 aliphatic heterocycles. The molecule has 0 bridgehead atoms. The number of Topliss-reactive ketones (excluding diaryl/α,β-unsaturated/α-hetero) is 2. The summed E-state index contributed by atoms with van der Waals surface area (Å²) in [6.45, 7) is 8.13. The summed E-state index contributed by atoms with van der Waals surface area (Å²) in [6, 6.07) is 23.5. The average Bonchev–Trinajstić information content (AvgIpc) is 2.96. The zero-order chi connectivity index (χ0) is 26.2. The monoisotopic (exact) mass is 493 g/mol. The minimum atomic E-state index is -0.477. The lowest BCUT2D eigenvalue weighted by Gasteiger charge is -2.32. The smallest absolute Gasteiger partial charge is 0.399 e. The summed E-state index contributed by atoms with van der Waals surface area (Å²) in [4.78, 5) is 30.4. The van der Waals surface area contributed by atoms with Gasteiger partial charge in [0, 0.05) is 25.7 Å². The van der Waals surface area contributed by atoms with E-state index in [0.717, 1.165) is 39.1 Å². The fourth-order valence-corrected chi connectivity index (χ4v) is 4.77. The molecule has 2 heterocycles. The normalized spacial score (nSPS) is 18.2. The van der Waals surface area contributed by atoms with Crippen LogP contribution in [0.4, 0.5) is 5.69 Å². The quantitative estimate of drug-likeness (QED) is 0.455. The Labute approximate surface area is 219 Å². The molecule has 0 atom stereocenters. The van der Waals surface area contributed by atoms with Crippen molar-refractivity contribution < 1.29 is 18.9 Å². The van der Waals surface area contributed by atoms with Gasteiger partial charge in [0.05, 0.1) is 22.6 Å². The third-order valence-electron chi connectivity index (χ3n) is 7.54. The molecule has 5 rings (SSSR count). The first kappa shape index (κ1) is 25.3. The highest BCUT2D eigenvalue weighted by Gasteiger charge is 2.51. The van der Waals surface area contributed by atoms with Crippen LogP contribution in [0.25, 0.3) is 0 Å². The summed E-state index contributed by atoms with van der Waals surface area (Å²) in [5, 5.41) is 0. The average molecular weight is 493 g/mol. The predicted molar refractivity (Wildman–Crippen MR) is 147 cm³/mol. The van der Waals surface area contributed by atoms with Crippen molar-refractivity contribution in [1.82, 2.24) is 0 Å². The van der Waals surface area contributed by atoms with Crippen LogP contribution >= 0.6 is 0 Å². The number of aliphatic imine (C=N–C) groups is 1. The minimum Gasteiger partial charge on any atom is -0.399 e. The van der Waals surface area contributed by atoms with Gasteiger partial charge in [0.25, 0.3) is 0 Å². The third-order valence-corrected chi connectivity index (χ3v) is 7.54. The molecule has 5 nitrogen and oxygen atoms in total. The number of nitrogens with zero attached hydrogens (tertiary/aromatic N) is 1. The Hall–Kier alpha value is -3.35. The number of hydrogen-bond donors (Lipinski definition) is 0. The van der Waals surface area contributed by atoms with Crippen molar-refractivity contribution in [2.24, 2.45) is 4.99 Å². The SMILES string of the molecule is CC1(C)OB(c2cccc(C3=Nc4ccc(CC(=O)Cc5ccccc5)cc4CC(=O)C3)c2)OC1(C)C. The number of fused-ring (bicyclic) bond motifs is 1. The highest BCUT2D eigenvalue weighted by molar-refractivity contribution is 6.62. The second-order valence-corrected chi connectivity index (χ2v) is 11.0. The Balaban J connectivity index is 1.37. The Morgan fingerprint density at radius 1 is 0.838 bits per heavy atom. The van der Waals surface area contributed by atoms with E-state index in [9.17, 15) is 9.59 Å². The van der Waals surface area contributed by atoms with Gasteiger partial charge in [-0.1, -0.05) is 66.7 Å². The third kappa shape index (κ3) is 5.51. The van der Waals surface area contributed by atoms with Gasteiger partial charge in [0.15, 0.2) is 0 Å². The van der Waals surface area contributed by atoms with Crippen LogP contribution in [0.15, 0.2) is 77.8 Å². The summed E-state index contributed by atoms with van der Waals surface area (Å²) in [6.07, 6.45) is 1.30. The first-order valence-corrected chi connectivity index (χ1v) is 12.8. The number of carbonyl (C=O) groups excluding carboxylic acids is 2. The van der Waals surface area contributed by atoms with E-state index in [-0.39, 0.29) is 18.0 Å². The number of carbonyl (C=O) groups is 2. The number of rotatable bonds is 6. The van der Waals surface area contributed by atoms with Crippen molar-refractivity contribution in [2.75, 3.05) is 0 Å². The van der Waals surface area contributed by atoms with Gasteiger partial charge in [-0.3, -0.25) is 14.6 Å². The van der Waals surface area contributed by atoms with Crippen molar-refractivity contribution in [1.29, 1.82) is 0 Å². The zero-order valence-corrected chi connectivity index (χ0v) is 21.9. The van der Waals surface area contributed by atoms with Crippen LogP contribution in [-0.2, 0) is 38.2 Å². The van der Waals surface area contributed by atoms with Gasteiger partial charge in [-0.2, -0.15) is 0 Å². The lowest BCUT2D eigenvalue weighted by molar-refractivity contribution is -0.118. The molecule has 0 aromatic heterocycles. The molecule has 37 heavy (non-hydrogen) atoms. The highest BCUT2D eigenvalue weighted by Crippen LogP contribution is 2.36. The lowest BCUT2D eigenvalue weighted by atomic mass is 9.78. The molecule has 1 fully saturated rings. The minimum absolute atomic E-state index is 0.103. The molecule has 0 saturated carbocycles. The molecule has 6 heteroatoms. The van der Waals surface area contributed by atoms with Crippen molar-refractivity contribution in [3.05, 3.63) is 95.1 Å². The first-order chi connectivity index (χ1) is 17.6. The summed E-state index contributed by atoms with van der Waals surface area (Å²) in [5.74, 6) is 0.251. The van der Waals surface area contributed by atoms with Gasteiger partial charge in [-0.05, 0) is 61.5 Å². The molecule has 0 unspecified atom stereocenters. The maximum atomic E-state index is 12.9. The Kier molecular flexibility index (Phi) is 6.73. The fraction of sp³-hybridized carbons (Fsp3) is 0.323. The van der Waals surface area contributed by atoms with E-state index in [1.165, 1.54) is 0 Å². The molecule has 0 aliphatic carbocycles. The van der Waals surface area contributed by atoms with Gasteiger partial charge >= 0.3 is 7.12 Å². The predicted octanol–water partition coefficient (Wildman–Crippen LogP) is 4.98. The van der Waals surface area contributed by atoms with Crippen molar-refractivity contribution >= 4 is 35.5 Å². The van der Waals surface area contributed by atoms with Gasteiger partial charge in [0.1, 0.15) is 11.6 Å². The Morgan fingerprint density at radius 3 is 2.27 bits per heavy atom. The molecular weight excluding hydrogens is 461 g/mol. The highest BCUT2D eigenvalue weighted by atomic mass is 16.7. The van der Waals surface area contributed by atoms with Gasteiger partial charge in [0.2, 0.25) is 0 Å². The maximum Gasteiger partial charge on any atom is 0.494 e. The van der Waals surface area contributed by atoms with E-state index in [2.05, 4.69) is 0 Å². The van der Waals surface area contributed by atoms with Crippen LogP contribution < -0.4 is 5.46 Å². The lowest BCUT2D eigenvalue weighted by Crippen LogP contribution is -2.41. The Bertz CT molecular complexity index is 1360. The van der Waals surface area contributed by atoms with Gasteiger partial charge < -0.3 is 9.31 Å². The summed E-state index contributed by atoms with van der Waals surface area (Å²) in [5.41, 5.74) is 5.23. The number of benzene rings is 3. The van der Waals surface area contributed by atoms with E-state index in [4.69, 9.17) is 14.3 Å². The fourth-order valence-electron chi connectivity index (χ4n) is 4.77. The molecular formula is C31H32BNO4. The largest absolute Gasteiger partial charge is 0.494 e. The number of hydrogen-bond acceptors (Lipinski definition) is 5. The molecule has 0 spiro atoms. The molecule has 1 saturated heterocycles. The molecule has 2 aliphatic rings. The summed E-state index contributed by atoms with van der Waals surface area (Å²) in [7, 11) is -0.477. The van der Waals surface area contributed by atoms with E-state index in [1.54, 1.807) is 0 Å². The van der Waals surface area contributed by atoms with E-state index in [1.807, 2.05) is 100 Å². The van der Waals surface area contributed by atoms with Crippen LogP contribution in [0.3, 0.4) is 0 Å². The second-order valence-electron chi connectivity index (χ2n) is 11.0. The van der Waals surface area contributed by atoms with Crippen molar-refractivity contribution in [2.45, 2.75) is 64.6 Å². The molecule has 0 radical (unpaired) electrons. The summed E-state index contributed by atoms with van der Waals surface area (Å²) >= 11 is 0. The van der Waals surface area contributed by atoms with Crippen LogP contribution in [0.1, 0.15) is 56.4 Å². The van der Waals surface area contributed by atoms with Crippen LogP contribution in [0.5, 0.6) is 0 Å². The van der Waals surface area contributed by atoms with Gasteiger partial charge in [-0.25, -0.2) is 0 Å². The van der Waals surface area contributed by atoms with E-state index in [0.29, 0.717) is 19.3 Å². The zero-order valence-electron chi connectivity index (χ0n) is 21.9. The number of ketones is 2. The molecule has 188 valence electrons. The molecule has 3 aromatic carbocycles.